The first-order valence-corrected chi connectivity index (χ1v) is 17.2. The zero-order valence-corrected chi connectivity index (χ0v) is 29.4. The van der Waals surface area contributed by atoms with Crippen molar-refractivity contribution in [1.29, 1.82) is 0 Å². The molecule has 0 spiro atoms. The van der Waals surface area contributed by atoms with Gasteiger partial charge in [0, 0.05) is 57.8 Å². The topological polar surface area (TPSA) is 181 Å². The highest BCUT2D eigenvalue weighted by Crippen LogP contribution is 2.45. The molecule has 0 radical (unpaired) electrons. The lowest BCUT2D eigenvalue weighted by Gasteiger charge is -2.22. The van der Waals surface area contributed by atoms with E-state index in [-0.39, 0.29) is 40.7 Å². The number of hydrogen-bond acceptors (Lipinski definition) is 9. The van der Waals surface area contributed by atoms with Crippen LogP contribution < -0.4 is 21.8 Å². The Kier molecular flexibility index (Phi) is 8.55. The van der Waals surface area contributed by atoms with Crippen molar-refractivity contribution in [2.75, 3.05) is 16.4 Å². The van der Waals surface area contributed by atoms with E-state index in [0.29, 0.717) is 55.5 Å². The maximum Gasteiger partial charge on any atom is 0.354 e. The van der Waals surface area contributed by atoms with Crippen LogP contribution in [0.4, 0.5) is 17.1 Å². The van der Waals surface area contributed by atoms with E-state index in [9.17, 15) is 24.6 Å². The highest BCUT2D eigenvalue weighted by molar-refractivity contribution is 6.31. The van der Waals surface area contributed by atoms with Crippen molar-refractivity contribution in [3.8, 4) is 22.5 Å². The van der Waals surface area contributed by atoms with Crippen molar-refractivity contribution in [3.63, 3.8) is 0 Å². The zero-order chi connectivity index (χ0) is 37.7. The van der Waals surface area contributed by atoms with Crippen LogP contribution in [-0.4, -0.2) is 32.1 Å². The number of carboxylic acids is 2. The summed E-state index contributed by atoms with van der Waals surface area (Å²) in [5.74, 6) is -2.13. The first kappa shape index (κ1) is 34.1. The largest absolute Gasteiger partial charge is 0.478 e. The molecule has 2 aliphatic rings. The standard InChI is InChI=1S/C42H30ClN5O6/c1-21-10-12-24(41(50)51)26(17-21)35-25-13-14-31(44)28(19-46-32-8-2-5-22-7-4-16-45-36(22)32)39(25)54-40-27(35)18-30(43)38(49)29(40)20-47-33-9-3-6-23-11-15-34(42(52)53)48-37(23)33/h2-18,46-47H,19-20,44H2,1H3,(H,50,51)(H,52,53). The second kappa shape index (κ2) is 13.5. The molecule has 6 aromatic rings. The molecule has 12 heteroatoms. The van der Waals surface area contributed by atoms with Crippen LogP contribution in [-0.2, 0) is 13.1 Å². The van der Waals surface area contributed by atoms with E-state index in [1.807, 2.05) is 37.3 Å². The second-order valence-electron chi connectivity index (χ2n) is 12.9. The van der Waals surface area contributed by atoms with Crippen LogP contribution in [0.2, 0.25) is 5.02 Å². The SMILES string of the molecule is Cc1ccc(C(=O)O)c(-c2c3cc(Cl)c(=O)c(CNc4cccc5ccc(C(=O)O)nc45)c-3oc3c(CNc4cccc5cccnc45)c(N)ccc23)c1. The number of halogens is 1. The van der Waals surface area contributed by atoms with Gasteiger partial charge in [-0.1, -0.05) is 65.7 Å². The quantitative estimate of drug-likeness (QED) is 0.0706. The molecule has 3 heterocycles. The van der Waals surface area contributed by atoms with E-state index < -0.39 is 17.4 Å². The smallest absolute Gasteiger partial charge is 0.354 e. The van der Waals surface area contributed by atoms with Crippen molar-refractivity contribution in [2.45, 2.75) is 20.0 Å². The molecular formula is C42H30ClN5O6. The molecule has 0 saturated heterocycles. The molecule has 0 fully saturated rings. The summed E-state index contributed by atoms with van der Waals surface area (Å²) in [5, 5.41) is 28.8. The first-order valence-electron chi connectivity index (χ1n) is 16.9. The Balaban J connectivity index is 1.35. The van der Waals surface area contributed by atoms with E-state index in [0.717, 1.165) is 22.2 Å². The molecule has 1 aliphatic heterocycles. The number of aromatic nitrogens is 2. The molecule has 0 bridgehead atoms. The lowest BCUT2D eigenvalue weighted by atomic mass is 9.87. The summed E-state index contributed by atoms with van der Waals surface area (Å²) in [4.78, 5) is 47.3. The van der Waals surface area contributed by atoms with Gasteiger partial charge in [-0.05, 0) is 61.0 Å². The fourth-order valence-corrected chi connectivity index (χ4v) is 7.10. The van der Waals surface area contributed by atoms with E-state index in [4.69, 9.17) is 21.8 Å². The molecule has 54 heavy (non-hydrogen) atoms. The van der Waals surface area contributed by atoms with Crippen molar-refractivity contribution in [3.05, 3.63) is 146 Å². The van der Waals surface area contributed by atoms with Gasteiger partial charge in [0.2, 0.25) is 5.43 Å². The van der Waals surface area contributed by atoms with Crippen molar-refractivity contribution in [1.82, 2.24) is 9.97 Å². The molecule has 8 rings (SSSR count). The number of carboxylic acid groups (broad SMARTS) is 2. The maximum atomic E-state index is 13.9. The Hall–Kier alpha value is -6.98. The molecule has 6 N–H and O–H groups in total. The Labute approximate surface area is 312 Å². The van der Waals surface area contributed by atoms with Crippen molar-refractivity contribution in [2.24, 2.45) is 0 Å². The number of fused-ring (bicyclic) bond motifs is 4. The van der Waals surface area contributed by atoms with Crippen molar-refractivity contribution >= 4 is 73.4 Å². The number of para-hydroxylation sites is 2. The highest BCUT2D eigenvalue weighted by Gasteiger charge is 2.28. The average Bonchev–Trinajstić information content (AvgIpc) is 3.16. The second-order valence-corrected chi connectivity index (χ2v) is 13.3. The summed E-state index contributed by atoms with van der Waals surface area (Å²) < 4.78 is 6.75. The van der Waals surface area contributed by atoms with Gasteiger partial charge in [0.05, 0.1) is 38.6 Å². The van der Waals surface area contributed by atoms with Crippen LogP contribution in [0.3, 0.4) is 0 Å². The van der Waals surface area contributed by atoms with Gasteiger partial charge in [0.15, 0.2) is 0 Å². The Bertz CT molecular complexity index is 2870. The molecule has 4 aromatic carbocycles. The summed E-state index contributed by atoms with van der Waals surface area (Å²) in [5.41, 5.74) is 12.1. The van der Waals surface area contributed by atoms with E-state index in [1.165, 1.54) is 12.1 Å². The van der Waals surface area contributed by atoms with Crippen LogP contribution in [0.5, 0.6) is 0 Å². The predicted octanol–water partition coefficient (Wildman–Crippen LogP) is 8.83. The van der Waals surface area contributed by atoms with Gasteiger partial charge in [0.25, 0.3) is 0 Å². The third-order valence-electron chi connectivity index (χ3n) is 9.48. The third kappa shape index (κ3) is 5.96. The third-order valence-corrected chi connectivity index (χ3v) is 9.76. The number of benzene rings is 5. The van der Waals surface area contributed by atoms with E-state index in [2.05, 4.69) is 20.6 Å². The summed E-state index contributed by atoms with van der Waals surface area (Å²) >= 11 is 6.68. The van der Waals surface area contributed by atoms with Crippen LogP contribution in [0.1, 0.15) is 37.5 Å². The fourth-order valence-electron chi connectivity index (χ4n) is 6.88. The number of rotatable bonds is 9. The van der Waals surface area contributed by atoms with Gasteiger partial charge in [-0.15, -0.1) is 0 Å². The van der Waals surface area contributed by atoms with Crippen LogP contribution >= 0.6 is 11.6 Å². The average molecular weight is 736 g/mol. The molecular weight excluding hydrogens is 706 g/mol. The summed E-state index contributed by atoms with van der Waals surface area (Å²) in [6.45, 7) is 1.97. The summed E-state index contributed by atoms with van der Waals surface area (Å²) in [6, 6.07) is 28.1. The lowest BCUT2D eigenvalue weighted by molar-refractivity contribution is 0.0683. The molecule has 0 amide bonds. The van der Waals surface area contributed by atoms with Gasteiger partial charge < -0.3 is 31.0 Å². The Morgan fingerprint density at radius 1 is 0.796 bits per heavy atom. The normalized spacial score (nSPS) is 11.4. The summed E-state index contributed by atoms with van der Waals surface area (Å²) in [7, 11) is 0. The molecule has 11 nitrogen and oxygen atoms in total. The number of nitrogens with two attached hydrogens (primary N) is 1. The number of carbonyl (C=O) groups is 2. The molecule has 266 valence electrons. The number of pyridine rings is 2. The van der Waals surface area contributed by atoms with Gasteiger partial charge >= 0.3 is 11.9 Å². The molecule has 0 saturated carbocycles. The molecule has 1 aliphatic carbocycles. The number of nitrogens with zero attached hydrogens (tertiary/aromatic N) is 2. The van der Waals surface area contributed by atoms with Crippen LogP contribution in [0.25, 0.3) is 55.2 Å². The molecule has 0 atom stereocenters. The number of anilines is 3. The molecule has 0 unspecified atom stereocenters. The predicted molar refractivity (Wildman–Crippen MR) is 211 cm³/mol. The zero-order valence-electron chi connectivity index (χ0n) is 28.6. The van der Waals surface area contributed by atoms with Gasteiger partial charge in [-0.2, -0.15) is 0 Å². The minimum atomic E-state index is -1.18. The summed E-state index contributed by atoms with van der Waals surface area (Å²) in [6.07, 6.45) is 1.72. The highest BCUT2D eigenvalue weighted by atomic mass is 35.5. The number of nitrogen functional groups attached to an aromatic ring is 1. The maximum absolute atomic E-state index is 13.9. The number of aromatic carboxylic acids is 2. The number of nitrogens with one attached hydrogen (secondary N) is 2. The van der Waals surface area contributed by atoms with Crippen LogP contribution in [0.15, 0.2) is 112 Å². The van der Waals surface area contributed by atoms with Crippen molar-refractivity contribution < 1.29 is 24.2 Å². The monoisotopic (exact) mass is 735 g/mol. The van der Waals surface area contributed by atoms with Gasteiger partial charge in [-0.3, -0.25) is 9.78 Å². The van der Waals surface area contributed by atoms with Crippen LogP contribution in [0, 0.1) is 6.92 Å². The number of aryl methyl sites for hydroxylation is 1. The van der Waals surface area contributed by atoms with E-state index in [1.54, 1.807) is 60.8 Å². The molecule has 2 aromatic heterocycles. The number of hydrogen-bond donors (Lipinski definition) is 5. The fraction of sp³-hybridized carbons (Fsp3) is 0.0714. The van der Waals surface area contributed by atoms with E-state index >= 15 is 0 Å². The Morgan fingerprint density at radius 3 is 2.24 bits per heavy atom. The van der Waals surface area contributed by atoms with Gasteiger partial charge in [-0.25, -0.2) is 14.6 Å². The minimum absolute atomic E-state index is 0.0470. The first-order chi connectivity index (χ1) is 26.1. The Morgan fingerprint density at radius 2 is 1.50 bits per heavy atom. The lowest BCUT2D eigenvalue weighted by Crippen LogP contribution is -2.17. The van der Waals surface area contributed by atoms with Gasteiger partial charge in [0.1, 0.15) is 17.0 Å². The minimum Gasteiger partial charge on any atom is -0.478 e.